The predicted octanol–water partition coefficient (Wildman–Crippen LogP) is 5.21. The Morgan fingerprint density at radius 2 is 1.78 bits per heavy atom. The zero-order chi connectivity index (χ0) is 27.1. The van der Waals surface area contributed by atoms with Crippen LogP contribution in [0.2, 0.25) is 5.02 Å². The number of nitrogens with one attached hydrogen (secondary N) is 1. The van der Waals surface area contributed by atoms with Crippen molar-refractivity contribution in [2.45, 2.75) is 31.8 Å². The average molecular weight is 533 g/mol. The highest BCUT2D eigenvalue weighted by Crippen LogP contribution is 2.47. The van der Waals surface area contributed by atoms with Gasteiger partial charge in [0.25, 0.3) is 17.7 Å². The van der Waals surface area contributed by atoms with Crippen molar-refractivity contribution in [3.05, 3.63) is 93.3 Å². The number of rotatable bonds is 4. The summed E-state index contributed by atoms with van der Waals surface area (Å²) in [7, 11) is 0. The number of fused-ring (bicyclic) bond motifs is 1. The highest BCUT2D eigenvalue weighted by Gasteiger charge is 2.56. The fourth-order valence-electron chi connectivity index (χ4n) is 4.38. The second kappa shape index (κ2) is 9.81. The van der Waals surface area contributed by atoms with E-state index in [0.29, 0.717) is 16.8 Å². The first-order valence-corrected chi connectivity index (χ1v) is 11.8. The summed E-state index contributed by atoms with van der Waals surface area (Å²) >= 11 is 6.00. The van der Waals surface area contributed by atoms with Crippen LogP contribution in [0.4, 0.5) is 24.5 Å². The van der Waals surface area contributed by atoms with Crippen LogP contribution in [0.15, 0.2) is 54.6 Å². The maximum absolute atomic E-state index is 14.9. The number of nitrogens with zero attached hydrogens (tertiary/aromatic N) is 1. The van der Waals surface area contributed by atoms with Gasteiger partial charge < -0.3 is 20.4 Å². The zero-order valence-corrected chi connectivity index (χ0v) is 20.7. The summed E-state index contributed by atoms with van der Waals surface area (Å²) in [5.74, 6) is -5.44. The molecule has 0 radical (unpaired) electrons. The fourth-order valence-corrected chi connectivity index (χ4v) is 4.56. The molecule has 4 rings (SSSR count). The molecule has 1 atom stereocenters. The van der Waals surface area contributed by atoms with Gasteiger partial charge in [-0.3, -0.25) is 9.59 Å². The molecule has 1 heterocycles. The van der Waals surface area contributed by atoms with Gasteiger partial charge in [0.2, 0.25) is 0 Å². The topological polar surface area (TPSA) is 89.9 Å². The van der Waals surface area contributed by atoms with Gasteiger partial charge in [0, 0.05) is 40.4 Å². The number of aliphatic hydroxyl groups excluding tert-OH is 1. The van der Waals surface area contributed by atoms with Crippen LogP contribution < -0.4 is 10.2 Å². The Labute approximate surface area is 216 Å². The average Bonchev–Trinajstić information content (AvgIpc) is 2.94. The molecule has 0 aromatic heterocycles. The minimum Gasteiger partial charge on any atom is -0.393 e. The maximum Gasteiger partial charge on any atom is 0.284 e. The van der Waals surface area contributed by atoms with Crippen LogP contribution in [-0.2, 0) is 5.60 Å². The molecule has 0 spiro atoms. The minimum absolute atomic E-state index is 0.000244. The minimum atomic E-state index is -3.74. The first kappa shape index (κ1) is 26.7. The first-order chi connectivity index (χ1) is 17.4. The van der Waals surface area contributed by atoms with E-state index in [-0.39, 0.29) is 27.4 Å². The summed E-state index contributed by atoms with van der Waals surface area (Å²) in [4.78, 5) is 27.3. The molecule has 6 nitrogen and oxygen atoms in total. The van der Waals surface area contributed by atoms with Crippen LogP contribution in [-0.4, -0.2) is 41.1 Å². The van der Waals surface area contributed by atoms with Gasteiger partial charge in [-0.2, -0.15) is 0 Å². The monoisotopic (exact) mass is 532 g/mol. The summed E-state index contributed by atoms with van der Waals surface area (Å²) in [6.45, 7) is 1.63. The van der Waals surface area contributed by atoms with Gasteiger partial charge in [-0.1, -0.05) is 17.7 Å². The van der Waals surface area contributed by atoms with E-state index in [2.05, 4.69) is 5.32 Å². The summed E-state index contributed by atoms with van der Waals surface area (Å²) in [5, 5.41) is 23.2. The van der Waals surface area contributed by atoms with E-state index in [1.807, 2.05) is 0 Å². The molecule has 0 fully saturated rings. The van der Waals surface area contributed by atoms with Gasteiger partial charge in [-0.25, -0.2) is 13.2 Å². The number of halogens is 4. The largest absolute Gasteiger partial charge is 0.393 e. The third-order valence-electron chi connectivity index (χ3n) is 6.59. The van der Waals surface area contributed by atoms with Crippen molar-refractivity contribution in [1.82, 2.24) is 0 Å². The summed E-state index contributed by atoms with van der Waals surface area (Å²) in [6.07, 6.45) is -0.901. The lowest BCUT2D eigenvalue weighted by atomic mass is 9.86. The van der Waals surface area contributed by atoms with Crippen molar-refractivity contribution in [2.24, 2.45) is 0 Å². The molecule has 2 amide bonds. The number of aryl methyl sites for hydroxylation is 2. The van der Waals surface area contributed by atoms with Gasteiger partial charge >= 0.3 is 0 Å². The van der Waals surface area contributed by atoms with E-state index in [4.69, 9.17) is 11.6 Å². The Bertz CT molecular complexity index is 1400. The molecule has 3 N–H and O–H groups in total. The molecule has 194 valence electrons. The Morgan fingerprint density at radius 1 is 1.05 bits per heavy atom. The van der Waals surface area contributed by atoms with Crippen LogP contribution in [0.1, 0.15) is 43.8 Å². The number of benzene rings is 3. The number of anilines is 2. The van der Waals surface area contributed by atoms with Gasteiger partial charge in [0.05, 0.1) is 12.3 Å². The van der Waals surface area contributed by atoms with E-state index < -0.39 is 48.7 Å². The third-order valence-corrected chi connectivity index (χ3v) is 6.82. The standard InChI is InChI=1S/C27H24ClF3N2O4/c1-15-3-6-19(29)13-20(15)24(35)32-22-7-4-17(11-16(22)2)25(36)33-10-9-27(30,31)26(37,14-34)21-12-18(28)5-8-23(21)33/h3-8,11-13,34,37H,9-10,14H2,1-2H3,(H,32,35)/t26-/m0/s1. The van der Waals surface area contributed by atoms with Gasteiger partial charge in [0.15, 0.2) is 5.60 Å². The number of alkyl halides is 2. The fraction of sp³-hybridized carbons (Fsp3) is 0.259. The zero-order valence-electron chi connectivity index (χ0n) is 20.0. The number of aliphatic hydroxyl groups is 2. The molecule has 1 aliphatic rings. The van der Waals surface area contributed by atoms with E-state index in [9.17, 15) is 33.0 Å². The molecule has 0 unspecified atom stereocenters. The van der Waals surface area contributed by atoms with Crippen molar-refractivity contribution in [2.75, 3.05) is 23.4 Å². The Balaban J connectivity index is 1.66. The molecule has 3 aromatic carbocycles. The SMILES string of the molecule is Cc1cc(C(=O)N2CCC(F)(F)[C@](O)(CO)c3cc(Cl)ccc32)ccc1NC(=O)c1cc(F)ccc1C. The normalized spacial score (nSPS) is 18.6. The molecular formula is C27H24ClF3N2O4. The molecule has 0 saturated heterocycles. The summed E-state index contributed by atoms with van der Waals surface area (Å²) in [5.41, 5.74) is -1.49. The van der Waals surface area contributed by atoms with Crippen LogP contribution >= 0.6 is 11.6 Å². The first-order valence-electron chi connectivity index (χ1n) is 11.4. The van der Waals surface area contributed by atoms with Crippen LogP contribution in [0.5, 0.6) is 0 Å². The van der Waals surface area contributed by atoms with Crippen LogP contribution in [0.25, 0.3) is 0 Å². The summed E-state index contributed by atoms with van der Waals surface area (Å²) < 4.78 is 43.5. The third kappa shape index (κ3) is 4.82. The van der Waals surface area contributed by atoms with Crippen LogP contribution in [0.3, 0.4) is 0 Å². The number of amides is 2. The highest BCUT2D eigenvalue weighted by molar-refractivity contribution is 6.30. The van der Waals surface area contributed by atoms with E-state index in [1.54, 1.807) is 13.8 Å². The molecule has 10 heteroatoms. The van der Waals surface area contributed by atoms with Crippen molar-refractivity contribution < 1.29 is 33.0 Å². The molecule has 37 heavy (non-hydrogen) atoms. The number of carbonyl (C=O) groups excluding carboxylic acids is 2. The van der Waals surface area contributed by atoms with Gasteiger partial charge in [-0.15, -0.1) is 0 Å². The molecule has 1 aliphatic heterocycles. The Kier molecular flexibility index (Phi) is 7.07. The lowest BCUT2D eigenvalue weighted by Gasteiger charge is -2.33. The number of hydrogen-bond acceptors (Lipinski definition) is 4. The maximum atomic E-state index is 14.9. The second-order valence-electron chi connectivity index (χ2n) is 9.03. The quantitative estimate of drug-likeness (QED) is 0.430. The smallest absolute Gasteiger partial charge is 0.284 e. The molecule has 0 aliphatic carbocycles. The van der Waals surface area contributed by atoms with Crippen molar-refractivity contribution in [3.63, 3.8) is 0 Å². The van der Waals surface area contributed by atoms with Gasteiger partial charge in [-0.05, 0) is 73.5 Å². The molecule has 0 saturated carbocycles. The lowest BCUT2D eigenvalue weighted by Crippen LogP contribution is -2.48. The lowest BCUT2D eigenvalue weighted by molar-refractivity contribution is -0.205. The van der Waals surface area contributed by atoms with E-state index in [1.165, 1.54) is 42.5 Å². The second-order valence-corrected chi connectivity index (χ2v) is 9.47. The molecular weight excluding hydrogens is 509 g/mol. The molecule has 0 bridgehead atoms. The Morgan fingerprint density at radius 3 is 2.46 bits per heavy atom. The van der Waals surface area contributed by atoms with E-state index >= 15 is 0 Å². The molecule has 3 aromatic rings. The number of carbonyl (C=O) groups is 2. The van der Waals surface area contributed by atoms with Crippen molar-refractivity contribution in [1.29, 1.82) is 0 Å². The highest BCUT2D eigenvalue weighted by atomic mass is 35.5. The van der Waals surface area contributed by atoms with Gasteiger partial charge in [0.1, 0.15) is 5.82 Å². The summed E-state index contributed by atoms with van der Waals surface area (Å²) in [6, 6.07) is 12.2. The predicted molar refractivity (Wildman–Crippen MR) is 134 cm³/mol. The number of hydrogen-bond donors (Lipinski definition) is 3. The van der Waals surface area contributed by atoms with E-state index in [0.717, 1.165) is 17.0 Å². The van der Waals surface area contributed by atoms with Crippen molar-refractivity contribution in [3.8, 4) is 0 Å². The van der Waals surface area contributed by atoms with Crippen molar-refractivity contribution >= 4 is 34.8 Å². The van der Waals surface area contributed by atoms with Crippen LogP contribution in [0, 0.1) is 19.7 Å². The Hall–Kier alpha value is -3.40.